The predicted molar refractivity (Wildman–Crippen MR) is 139 cm³/mol. The third kappa shape index (κ3) is 5.86. The number of hydrogen-bond donors (Lipinski definition) is 0. The van der Waals surface area contributed by atoms with Crippen molar-refractivity contribution in [2.45, 2.75) is 66.2 Å². The minimum atomic E-state index is -1.37. The van der Waals surface area contributed by atoms with E-state index in [2.05, 4.69) is 0 Å². The lowest BCUT2D eigenvalue weighted by atomic mass is 9.93. The molecule has 0 aliphatic carbocycles. The molecule has 0 bridgehead atoms. The van der Waals surface area contributed by atoms with E-state index in [9.17, 15) is 28.8 Å². The number of Topliss-reactive ketones (excluding diaryl/α,β-unsaturated/α-hetero) is 2. The summed E-state index contributed by atoms with van der Waals surface area (Å²) in [7, 11) is 0. The molecule has 2 fully saturated rings. The monoisotopic (exact) mass is 538 g/mol. The lowest BCUT2D eigenvalue weighted by molar-refractivity contribution is -0.153. The van der Waals surface area contributed by atoms with Gasteiger partial charge in [0.2, 0.25) is 23.6 Å². The van der Waals surface area contributed by atoms with Crippen molar-refractivity contribution < 1.29 is 28.8 Å². The molecule has 0 radical (unpaired) electrons. The number of carbonyl (C=O) groups is 6. The van der Waals surface area contributed by atoms with Crippen molar-refractivity contribution in [1.82, 2.24) is 19.6 Å². The topological polar surface area (TPSA) is 115 Å². The molecule has 0 spiro atoms. The van der Waals surface area contributed by atoms with Crippen molar-refractivity contribution in [3.8, 4) is 0 Å². The van der Waals surface area contributed by atoms with Crippen LogP contribution in [0, 0.1) is 11.8 Å². The van der Waals surface area contributed by atoms with Crippen LogP contribution < -0.4 is 0 Å². The van der Waals surface area contributed by atoms with Gasteiger partial charge in [-0.15, -0.1) is 0 Å². The van der Waals surface area contributed by atoms with Crippen LogP contribution >= 0.6 is 24.4 Å². The van der Waals surface area contributed by atoms with E-state index in [0.29, 0.717) is 25.7 Å². The van der Waals surface area contributed by atoms with Crippen LogP contribution in [0.5, 0.6) is 0 Å². The van der Waals surface area contributed by atoms with Crippen molar-refractivity contribution >= 4 is 69.9 Å². The summed E-state index contributed by atoms with van der Waals surface area (Å²) in [5.41, 5.74) is 0. The molecule has 0 aromatic rings. The molecule has 2 aliphatic heterocycles. The van der Waals surface area contributed by atoms with Gasteiger partial charge >= 0.3 is 0 Å². The smallest absolute Gasteiger partial charge is 0.248 e. The summed E-state index contributed by atoms with van der Waals surface area (Å²) in [6.45, 7) is 8.06. The maximum Gasteiger partial charge on any atom is 0.248 e. The van der Waals surface area contributed by atoms with E-state index < -0.39 is 47.0 Å². The van der Waals surface area contributed by atoms with Crippen LogP contribution in [0.25, 0.3) is 0 Å². The molecule has 2 saturated heterocycles. The second kappa shape index (κ2) is 13.1. The van der Waals surface area contributed by atoms with Gasteiger partial charge in [0.1, 0.15) is 0 Å². The van der Waals surface area contributed by atoms with Crippen LogP contribution in [-0.2, 0) is 28.8 Å². The number of hydrogen-bond acceptors (Lipinski definition) is 8. The number of unbranched alkanes of at least 4 members (excludes halogenated alkanes) is 3. The lowest BCUT2D eigenvalue weighted by Crippen LogP contribution is -2.61. The summed E-state index contributed by atoms with van der Waals surface area (Å²) in [6.07, 6.45) is 2.23. The normalized spacial score (nSPS) is 18.1. The Kier molecular flexibility index (Phi) is 10.8. The summed E-state index contributed by atoms with van der Waals surface area (Å²) < 4.78 is 0. The Morgan fingerprint density at radius 1 is 0.556 bits per heavy atom. The zero-order valence-electron chi connectivity index (χ0n) is 21.3. The van der Waals surface area contributed by atoms with Crippen LogP contribution in [0.15, 0.2) is 0 Å². The summed E-state index contributed by atoms with van der Waals surface area (Å²) in [5, 5.41) is 0.258. The standard InChI is InChI=1S/C24H34N4O6S2/c1-5-25-19(31)17(20(32)26(6-2)23(25)35)15(29)13-11-9-10-12-14-16(30)18-21(33)27(7-3)24(36)28(8-4)22(18)34/h17-18H,5-14H2,1-4H3. The minimum absolute atomic E-state index is 0.0614. The average molecular weight is 539 g/mol. The van der Waals surface area contributed by atoms with Crippen molar-refractivity contribution in [2.24, 2.45) is 11.8 Å². The summed E-state index contributed by atoms with van der Waals surface area (Å²) in [4.78, 5) is 81.3. The lowest BCUT2D eigenvalue weighted by Gasteiger charge is -2.37. The quantitative estimate of drug-likeness (QED) is 0.198. The van der Waals surface area contributed by atoms with Crippen LogP contribution in [0.3, 0.4) is 0 Å². The van der Waals surface area contributed by atoms with E-state index in [4.69, 9.17) is 24.4 Å². The Labute approximate surface area is 222 Å². The Bertz CT molecular complexity index is 840. The van der Waals surface area contributed by atoms with Crippen LogP contribution in [0.1, 0.15) is 66.2 Å². The summed E-state index contributed by atoms with van der Waals surface area (Å²) in [5.74, 6) is -5.89. The summed E-state index contributed by atoms with van der Waals surface area (Å²) >= 11 is 10.4. The van der Waals surface area contributed by atoms with Gasteiger partial charge in [0.15, 0.2) is 33.6 Å². The molecule has 0 saturated carbocycles. The largest absolute Gasteiger partial charge is 0.298 e. The molecule has 12 heteroatoms. The molecule has 0 aromatic heterocycles. The molecule has 198 valence electrons. The molecule has 0 unspecified atom stereocenters. The molecule has 10 nitrogen and oxygen atoms in total. The van der Waals surface area contributed by atoms with E-state index in [-0.39, 0.29) is 49.2 Å². The Morgan fingerprint density at radius 3 is 1.03 bits per heavy atom. The number of carbonyl (C=O) groups excluding carboxylic acids is 6. The molecule has 0 atom stereocenters. The third-order valence-corrected chi connectivity index (χ3v) is 7.36. The Morgan fingerprint density at radius 2 is 0.806 bits per heavy atom. The van der Waals surface area contributed by atoms with Gasteiger partial charge in [0, 0.05) is 39.0 Å². The zero-order chi connectivity index (χ0) is 27.2. The molecule has 4 amide bonds. The molecule has 2 rings (SSSR count). The second-order valence-electron chi connectivity index (χ2n) is 8.61. The van der Waals surface area contributed by atoms with Crippen LogP contribution in [0.4, 0.5) is 0 Å². The first kappa shape index (κ1) is 29.6. The van der Waals surface area contributed by atoms with Gasteiger partial charge in [-0.1, -0.05) is 12.8 Å². The highest BCUT2D eigenvalue weighted by atomic mass is 32.1. The first-order valence-corrected chi connectivity index (χ1v) is 13.3. The Hall–Kier alpha value is -2.60. The van der Waals surface area contributed by atoms with Gasteiger partial charge in [-0.3, -0.25) is 48.4 Å². The maximum absolute atomic E-state index is 12.7. The van der Waals surface area contributed by atoms with Crippen molar-refractivity contribution in [3.63, 3.8) is 0 Å². The average Bonchev–Trinajstić information content (AvgIpc) is 2.82. The van der Waals surface area contributed by atoms with Crippen molar-refractivity contribution in [1.29, 1.82) is 0 Å². The highest BCUT2D eigenvalue weighted by molar-refractivity contribution is 7.80. The van der Waals surface area contributed by atoms with Crippen LogP contribution in [0.2, 0.25) is 0 Å². The number of thiocarbonyl (C=S) groups is 2. The first-order valence-electron chi connectivity index (χ1n) is 12.5. The van der Waals surface area contributed by atoms with Crippen molar-refractivity contribution in [3.05, 3.63) is 0 Å². The number of amides is 4. The molecule has 36 heavy (non-hydrogen) atoms. The fourth-order valence-corrected chi connectivity index (χ4v) is 5.34. The minimum Gasteiger partial charge on any atom is -0.298 e. The summed E-state index contributed by atoms with van der Waals surface area (Å²) in [6, 6.07) is 0. The SMILES string of the molecule is CCN1C(=O)C(C(=O)CCCCCCC(=O)C2C(=O)N(CC)C(=S)N(CC)C2=O)C(=O)N(CC)C1=S. The van der Waals surface area contributed by atoms with E-state index >= 15 is 0 Å². The van der Waals surface area contributed by atoms with E-state index in [1.807, 2.05) is 0 Å². The molecule has 2 heterocycles. The van der Waals surface area contributed by atoms with E-state index in [1.54, 1.807) is 27.7 Å². The van der Waals surface area contributed by atoms with Gasteiger partial charge < -0.3 is 0 Å². The zero-order valence-corrected chi connectivity index (χ0v) is 22.9. The fourth-order valence-electron chi connectivity index (χ4n) is 4.46. The number of ketones is 2. The number of nitrogens with zero attached hydrogens (tertiary/aromatic N) is 4. The molecular weight excluding hydrogens is 504 g/mol. The predicted octanol–water partition coefficient (Wildman–Crippen LogP) is 1.69. The molecular formula is C24H34N4O6S2. The van der Waals surface area contributed by atoms with Crippen molar-refractivity contribution in [2.75, 3.05) is 26.2 Å². The van der Waals surface area contributed by atoms with Crippen LogP contribution in [-0.4, -0.2) is 91.2 Å². The molecule has 2 aliphatic rings. The van der Waals surface area contributed by atoms with Gasteiger partial charge in [-0.05, 0) is 65.0 Å². The maximum atomic E-state index is 12.7. The molecule has 0 aromatic carbocycles. The first-order chi connectivity index (χ1) is 17.1. The van der Waals surface area contributed by atoms with Gasteiger partial charge in [-0.2, -0.15) is 0 Å². The third-order valence-electron chi connectivity index (χ3n) is 6.48. The van der Waals surface area contributed by atoms with E-state index in [0.717, 1.165) is 0 Å². The van der Waals surface area contributed by atoms with Gasteiger partial charge in [-0.25, -0.2) is 0 Å². The highest BCUT2D eigenvalue weighted by Crippen LogP contribution is 2.23. The molecule has 0 N–H and O–H groups in total. The second-order valence-corrected chi connectivity index (χ2v) is 9.34. The van der Waals surface area contributed by atoms with Gasteiger partial charge in [0.25, 0.3) is 0 Å². The highest BCUT2D eigenvalue weighted by Gasteiger charge is 2.47. The Balaban J connectivity index is 1.85. The van der Waals surface area contributed by atoms with E-state index in [1.165, 1.54) is 19.6 Å². The fraction of sp³-hybridized carbons (Fsp3) is 0.667. The van der Waals surface area contributed by atoms with Gasteiger partial charge in [0.05, 0.1) is 0 Å². The number of rotatable bonds is 13.